The molecule has 0 aliphatic carbocycles. The van der Waals surface area contributed by atoms with Gasteiger partial charge in [-0.1, -0.05) is 17.7 Å². The van der Waals surface area contributed by atoms with Crippen molar-refractivity contribution in [2.45, 2.75) is 20.8 Å². The van der Waals surface area contributed by atoms with Crippen molar-refractivity contribution >= 4 is 17.2 Å². The summed E-state index contributed by atoms with van der Waals surface area (Å²) in [4.78, 5) is 13.6. The summed E-state index contributed by atoms with van der Waals surface area (Å²) in [5, 5.41) is 0. The molecule has 0 bridgehead atoms. The third-order valence-corrected chi connectivity index (χ3v) is 3.44. The molecular formula is C17H18FNO. The maximum absolute atomic E-state index is 13.7. The van der Waals surface area contributed by atoms with Gasteiger partial charge >= 0.3 is 0 Å². The lowest BCUT2D eigenvalue weighted by atomic mass is 10.0. The minimum Gasteiger partial charge on any atom is -0.344 e. The maximum Gasteiger partial charge on any atom is 0.162 e. The highest BCUT2D eigenvalue weighted by molar-refractivity contribution is 6.00. The minimum absolute atomic E-state index is 0.141. The number of carbonyl (C=O) groups is 1. The summed E-state index contributed by atoms with van der Waals surface area (Å²) in [6, 6.07) is 11.0. The first kappa shape index (κ1) is 14.3. The Labute approximate surface area is 118 Å². The van der Waals surface area contributed by atoms with Crippen LogP contribution in [-0.4, -0.2) is 12.8 Å². The van der Waals surface area contributed by atoms with Crippen molar-refractivity contribution in [1.82, 2.24) is 0 Å². The third-order valence-electron chi connectivity index (χ3n) is 3.44. The van der Waals surface area contributed by atoms with Gasteiger partial charge in [0.25, 0.3) is 0 Å². The van der Waals surface area contributed by atoms with Gasteiger partial charge in [-0.05, 0) is 50.6 Å². The quantitative estimate of drug-likeness (QED) is 0.770. The van der Waals surface area contributed by atoms with E-state index in [2.05, 4.69) is 0 Å². The molecule has 0 spiro atoms. The minimum atomic E-state index is -0.351. The fourth-order valence-corrected chi connectivity index (χ4v) is 2.13. The Kier molecular flexibility index (Phi) is 3.89. The van der Waals surface area contributed by atoms with Crippen LogP contribution >= 0.6 is 0 Å². The van der Waals surface area contributed by atoms with Crippen molar-refractivity contribution in [1.29, 1.82) is 0 Å². The zero-order chi connectivity index (χ0) is 14.9. The summed E-state index contributed by atoms with van der Waals surface area (Å²) in [5.41, 5.74) is 3.79. The van der Waals surface area contributed by atoms with Crippen LogP contribution < -0.4 is 4.90 Å². The number of hydrogen-bond acceptors (Lipinski definition) is 2. The number of aryl methyl sites for hydroxylation is 2. The van der Waals surface area contributed by atoms with Crippen LogP contribution in [0, 0.1) is 19.7 Å². The number of nitrogens with zero attached hydrogens (tertiary/aromatic N) is 1. The zero-order valence-corrected chi connectivity index (χ0v) is 12.2. The third kappa shape index (κ3) is 2.72. The van der Waals surface area contributed by atoms with E-state index in [1.165, 1.54) is 18.6 Å². The summed E-state index contributed by atoms with van der Waals surface area (Å²) < 4.78 is 13.7. The summed E-state index contributed by atoms with van der Waals surface area (Å²) in [6.45, 7) is 5.18. The number of halogens is 1. The molecule has 0 radical (unpaired) electrons. The van der Waals surface area contributed by atoms with Crippen LogP contribution in [0.3, 0.4) is 0 Å². The summed E-state index contributed by atoms with van der Waals surface area (Å²) in [5.74, 6) is -0.492. The smallest absolute Gasteiger partial charge is 0.162 e. The molecule has 0 aliphatic rings. The molecule has 0 amide bonds. The number of Topliss-reactive ketones (excluding diaryl/α,β-unsaturated/α-hetero) is 1. The van der Waals surface area contributed by atoms with Gasteiger partial charge in [0.05, 0.1) is 5.69 Å². The van der Waals surface area contributed by atoms with Crippen LogP contribution in [0.25, 0.3) is 0 Å². The first-order valence-corrected chi connectivity index (χ1v) is 6.51. The molecule has 2 aromatic carbocycles. The van der Waals surface area contributed by atoms with E-state index >= 15 is 0 Å². The highest BCUT2D eigenvalue weighted by atomic mass is 19.1. The predicted molar refractivity (Wildman–Crippen MR) is 80.4 cm³/mol. The molecule has 104 valence electrons. The van der Waals surface area contributed by atoms with Crippen LogP contribution in [-0.2, 0) is 0 Å². The molecule has 0 heterocycles. The molecule has 0 N–H and O–H groups in total. The number of hydrogen-bond donors (Lipinski definition) is 0. The van der Waals surface area contributed by atoms with Crippen molar-refractivity contribution < 1.29 is 9.18 Å². The van der Waals surface area contributed by atoms with Crippen molar-refractivity contribution in [3.05, 3.63) is 58.9 Å². The average molecular weight is 271 g/mol. The fourth-order valence-electron chi connectivity index (χ4n) is 2.13. The first-order chi connectivity index (χ1) is 9.40. The zero-order valence-electron chi connectivity index (χ0n) is 12.2. The monoisotopic (exact) mass is 271 g/mol. The number of rotatable bonds is 3. The molecule has 0 aromatic heterocycles. The molecule has 0 aliphatic heterocycles. The van der Waals surface area contributed by atoms with E-state index < -0.39 is 0 Å². The van der Waals surface area contributed by atoms with Crippen molar-refractivity contribution in [3.63, 3.8) is 0 Å². The lowest BCUT2D eigenvalue weighted by molar-refractivity contribution is 0.101. The van der Waals surface area contributed by atoms with Gasteiger partial charge in [-0.25, -0.2) is 4.39 Å². The molecule has 0 saturated heterocycles. The molecule has 0 atom stereocenters. The summed E-state index contributed by atoms with van der Waals surface area (Å²) in [7, 11) is 1.88. The van der Waals surface area contributed by atoms with Crippen LogP contribution in [0.2, 0.25) is 0 Å². The molecule has 0 unspecified atom stereocenters. The second-order valence-electron chi connectivity index (χ2n) is 5.07. The van der Waals surface area contributed by atoms with E-state index in [0.29, 0.717) is 11.1 Å². The molecule has 0 saturated carbocycles. The van der Waals surface area contributed by atoms with Gasteiger partial charge < -0.3 is 4.90 Å². The van der Waals surface area contributed by atoms with Crippen molar-refractivity contribution in [2.24, 2.45) is 0 Å². The van der Waals surface area contributed by atoms with E-state index in [1.807, 2.05) is 43.1 Å². The van der Waals surface area contributed by atoms with Crippen molar-refractivity contribution in [2.75, 3.05) is 11.9 Å². The Balaban J connectivity index is 2.53. The number of benzene rings is 2. The lowest BCUT2D eigenvalue weighted by Crippen LogP contribution is -2.14. The van der Waals surface area contributed by atoms with E-state index in [-0.39, 0.29) is 11.6 Å². The van der Waals surface area contributed by atoms with Gasteiger partial charge in [0.2, 0.25) is 0 Å². The maximum atomic E-state index is 13.7. The highest BCUT2D eigenvalue weighted by Gasteiger charge is 2.15. The largest absolute Gasteiger partial charge is 0.344 e. The van der Waals surface area contributed by atoms with Gasteiger partial charge in [-0.2, -0.15) is 0 Å². The van der Waals surface area contributed by atoms with Gasteiger partial charge in [-0.3, -0.25) is 4.79 Å². The van der Waals surface area contributed by atoms with E-state index in [4.69, 9.17) is 0 Å². The lowest BCUT2D eigenvalue weighted by Gasteiger charge is -2.23. The normalized spacial score (nSPS) is 10.4. The molecule has 2 aromatic rings. The average Bonchev–Trinajstić information content (AvgIpc) is 2.41. The Morgan fingerprint density at radius 3 is 2.25 bits per heavy atom. The summed E-state index contributed by atoms with van der Waals surface area (Å²) in [6.07, 6.45) is 0. The van der Waals surface area contributed by atoms with Crippen LogP contribution in [0.1, 0.15) is 28.4 Å². The number of carbonyl (C=O) groups excluding carboxylic acids is 1. The van der Waals surface area contributed by atoms with E-state index in [0.717, 1.165) is 11.4 Å². The predicted octanol–water partition coefficient (Wildman–Crippen LogP) is 4.41. The second kappa shape index (κ2) is 5.45. The first-order valence-electron chi connectivity index (χ1n) is 6.51. The van der Waals surface area contributed by atoms with Gasteiger partial charge in [0.15, 0.2) is 5.78 Å². The fraction of sp³-hybridized carbons (Fsp3) is 0.235. The number of ketones is 1. The number of anilines is 2. The summed E-state index contributed by atoms with van der Waals surface area (Å²) >= 11 is 0. The van der Waals surface area contributed by atoms with E-state index in [9.17, 15) is 9.18 Å². The van der Waals surface area contributed by atoms with Gasteiger partial charge in [-0.15, -0.1) is 0 Å². The Hall–Kier alpha value is -2.16. The van der Waals surface area contributed by atoms with Crippen molar-refractivity contribution in [3.8, 4) is 0 Å². The van der Waals surface area contributed by atoms with Crippen LogP contribution in [0.15, 0.2) is 36.4 Å². The molecule has 2 nitrogen and oxygen atoms in total. The molecular weight excluding hydrogens is 253 g/mol. The van der Waals surface area contributed by atoms with E-state index in [1.54, 1.807) is 13.0 Å². The standard InChI is InChI=1S/C17H18FNO/c1-11-5-7-14(8-6-11)19(4)17-9-12(2)16(18)10-15(17)13(3)20/h5-10H,1-4H3. The Bertz CT molecular complexity index is 647. The molecule has 0 fully saturated rings. The van der Waals surface area contributed by atoms with Crippen LogP contribution in [0.4, 0.5) is 15.8 Å². The molecule has 2 rings (SSSR count). The SMILES string of the molecule is CC(=O)c1cc(F)c(C)cc1N(C)c1ccc(C)cc1. The van der Waals surface area contributed by atoms with Gasteiger partial charge in [0.1, 0.15) is 5.82 Å². The van der Waals surface area contributed by atoms with Crippen LogP contribution in [0.5, 0.6) is 0 Å². The van der Waals surface area contributed by atoms with Gasteiger partial charge in [0, 0.05) is 18.3 Å². The topological polar surface area (TPSA) is 20.3 Å². The highest BCUT2D eigenvalue weighted by Crippen LogP contribution is 2.29. The Morgan fingerprint density at radius 2 is 1.70 bits per heavy atom. The molecule has 20 heavy (non-hydrogen) atoms. The Morgan fingerprint density at radius 1 is 1.10 bits per heavy atom. The second-order valence-corrected chi connectivity index (χ2v) is 5.07. The molecule has 3 heteroatoms.